The van der Waals surface area contributed by atoms with Crippen LogP contribution in [0.2, 0.25) is 5.02 Å². The highest BCUT2D eigenvalue weighted by atomic mass is 35.5. The van der Waals surface area contributed by atoms with Crippen LogP contribution < -0.4 is 0 Å². The molecule has 33 heavy (non-hydrogen) atoms. The second kappa shape index (κ2) is 9.06. The maximum atomic E-state index is 13.2. The van der Waals surface area contributed by atoms with Gasteiger partial charge in [0.25, 0.3) is 0 Å². The molecule has 3 aromatic rings. The Bertz CT molecular complexity index is 1190. The number of benzene rings is 3. The Kier molecular flexibility index (Phi) is 6.34. The average Bonchev–Trinajstić information content (AvgIpc) is 3.06. The molecule has 3 atom stereocenters. The molecule has 4 rings (SSSR count). The van der Waals surface area contributed by atoms with Gasteiger partial charge in [0.15, 0.2) is 0 Å². The normalized spacial score (nSPS) is 19.5. The first-order valence-corrected chi connectivity index (χ1v) is 10.8. The van der Waals surface area contributed by atoms with E-state index < -0.39 is 35.9 Å². The van der Waals surface area contributed by atoms with E-state index in [9.17, 15) is 22.8 Å². The number of cyclic esters (lactones) is 1. The second-order valence-corrected chi connectivity index (χ2v) is 8.64. The summed E-state index contributed by atoms with van der Waals surface area (Å²) < 4.78 is 45.0. The van der Waals surface area contributed by atoms with Gasteiger partial charge in [0.05, 0.1) is 11.6 Å². The molecular formula is C25H21ClF3NO3. The Hall–Kier alpha value is -3.06. The van der Waals surface area contributed by atoms with Crippen LogP contribution in [0.15, 0.2) is 60.7 Å². The molecule has 0 N–H and O–H groups in total. The highest BCUT2D eigenvalue weighted by molar-refractivity contribution is 6.30. The fourth-order valence-corrected chi connectivity index (χ4v) is 4.54. The van der Waals surface area contributed by atoms with Gasteiger partial charge in [0.1, 0.15) is 12.4 Å². The van der Waals surface area contributed by atoms with Crippen LogP contribution in [0.4, 0.5) is 18.0 Å². The molecule has 0 aliphatic carbocycles. The first-order valence-electron chi connectivity index (χ1n) is 10.4. The van der Waals surface area contributed by atoms with Crippen molar-refractivity contribution in [2.24, 2.45) is 5.92 Å². The van der Waals surface area contributed by atoms with E-state index in [1.54, 1.807) is 6.92 Å². The number of hydrogen-bond donors (Lipinski definition) is 0. The maximum Gasteiger partial charge on any atom is 0.416 e. The molecule has 1 fully saturated rings. The van der Waals surface area contributed by atoms with Gasteiger partial charge < -0.3 is 14.4 Å². The lowest BCUT2D eigenvalue weighted by molar-refractivity contribution is -0.137. The number of aldehydes is 1. The molecular weight excluding hydrogens is 455 g/mol. The van der Waals surface area contributed by atoms with Crippen molar-refractivity contribution in [3.8, 4) is 0 Å². The topological polar surface area (TPSA) is 46.6 Å². The lowest BCUT2D eigenvalue weighted by Crippen LogP contribution is -2.37. The van der Waals surface area contributed by atoms with Gasteiger partial charge in [-0.1, -0.05) is 54.1 Å². The molecule has 0 saturated carbocycles. The van der Waals surface area contributed by atoms with E-state index in [-0.39, 0.29) is 17.1 Å². The van der Waals surface area contributed by atoms with Crippen LogP contribution in [0.1, 0.15) is 29.7 Å². The quantitative estimate of drug-likeness (QED) is 0.385. The fraction of sp³-hybridized carbons (Fsp3) is 0.280. The van der Waals surface area contributed by atoms with Crippen molar-refractivity contribution in [1.29, 1.82) is 0 Å². The molecule has 1 aliphatic rings. The van der Waals surface area contributed by atoms with E-state index in [2.05, 4.69) is 0 Å². The van der Waals surface area contributed by atoms with Gasteiger partial charge in [0.2, 0.25) is 0 Å². The molecule has 8 heteroatoms. The van der Waals surface area contributed by atoms with Crippen LogP contribution in [-0.4, -0.2) is 29.9 Å². The van der Waals surface area contributed by atoms with E-state index in [0.717, 1.165) is 34.8 Å². The van der Waals surface area contributed by atoms with Crippen LogP contribution in [0.5, 0.6) is 0 Å². The summed E-state index contributed by atoms with van der Waals surface area (Å²) in [7, 11) is 0. The van der Waals surface area contributed by atoms with Crippen molar-refractivity contribution < 1.29 is 27.5 Å². The van der Waals surface area contributed by atoms with Crippen LogP contribution in [0.3, 0.4) is 0 Å². The number of alkyl halides is 3. The number of amides is 1. The highest BCUT2D eigenvalue weighted by Gasteiger charge is 2.42. The number of carbonyl (C=O) groups is 2. The van der Waals surface area contributed by atoms with Gasteiger partial charge in [-0.05, 0) is 53.4 Å². The minimum Gasteiger partial charge on any atom is -0.439 e. The molecule has 1 saturated heterocycles. The fourth-order valence-electron chi connectivity index (χ4n) is 4.29. The predicted molar refractivity (Wildman–Crippen MR) is 119 cm³/mol. The molecule has 0 aromatic heterocycles. The Morgan fingerprint density at radius 1 is 1.12 bits per heavy atom. The average molecular weight is 476 g/mol. The third-order valence-corrected chi connectivity index (χ3v) is 6.17. The van der Waals surface area contributed by atoms with Crippen LogP contribution >= 0.6 is 11.6 Å². The monoisotopic (exact) mass is 475 g/mol. The molecule has 1 aliphatic heterocycles. The largest absolute Gasteiger partial charge is 0.439 e. The number of fused-ring (bicyclic) bond motifs is 1. The number of carbonyl (C=O) groups excluding carboxylic acids is 2. The minimum absolute atomic E-state index is 0.0932. The highest BCUT2D eigenvalue weighted by Crippen LogP contribution is 2.38. The van der Waals surface area contributed by atoms with E-state index in [1.165, 1.54) is 11.0 Å². The van der Waals surface area contributed by atoms with Gasteiger partial charge in [0, 0.05) is 17.5 Å². The standard InChI is InChI=1S/C25H21ClF3NO3/c1-15-23(19-10-20(25(27,28)29)12-21(26)11-19)33-24(32)30(15)13-16(14-31)9-18-7-4-6-17-5-2-3-8-22(17)18/h2-8,10-12,14-16,23H,9,13H2,1H3/t15-,16?,23-/m0/s1. The van der Waals surface area contributed by atoms with Crippen molar-refractivity contribution in [3.05, 3.63) is 82.4 Å². The summed E-state index contributed by atoms with van der Waals surface area (Å²) >= 11 is 5.90. The van der Waals surface area contributed by atoms with Crippen LogP contribution in [0, 0.1) is 5.92 Å². The minimum atomic E-state index is -4.58. The third-order valence-electron chi connectivity index (χ3n) is 5.95. The number of hydrogen-bond acceptors (Lipinski definition) is 3. The zero-order valence-corrected chi connectivity index (χ0v) is 18.4. The number of halogens is 4. The Balaban J connectivity index is 1.54. The molecule has 1 amide bonds. The second-order valence-electron chi connectivity index (χ2n) is 8.21. The SMILES string of the molecule is C[C@H]1[C@@H](c2cc(Cl)cc(C(F)(F)F)c2)OC(=O)N1CC(C=O)Cc1cccc2ccccc12. The third kappa shape index (κ3) is 4.83. The summed E-state index contributed by atoms with van der Waals surface area (Å²) in [5, 5.41) is 1.98. The van der Waals surface area contributed by atoms with Gasteiger partial charge in [-0.25, -0.2) is 4.79 Å². The Morgan fingerprint density at radius 2 is 1.85 bits per heavy atom. The zero-order valence-electron chi connectivity index (χ0n) is 17.7. The molecule has 4 nitrogen and oxygen atoms in total. The summed E-state index contributed by atoms with van der Waals surface area (Å²) in [6, 6.07) is 16.2. The lowest BCUT2D eigenvalue weighted by Gasteiger charge is -2.24. The van der Waals surface area contributed by atoms with E-state index >= 15 is 0 Å². The molecule has 172 valence electrons. The van der Waals surface area contributed by atoms with Crippen molar-refractivity contribution in [2.45, 2.75) is 31.7 Å². The maximum absolute atomic E-state index is 13.2. The van der Waals surface area contributed by atoms with E-state index in [0.29, 0.717) is 6.42 Å². The van der Waals surface area contributed by atoms with Gasteiger partial charge in [-0.15, -0.1) is 0 Å². The molecule has 1 heterocycles. The van der Waals surface area contributed by atoms with Gasteiger partial charge in [-0.2, -0.15) is 13.2 Å². The predicted octanol–water partition coefficient (Wildman–Crippen LogP) is 6.45. The lowest BCUT2D eigenvalue weighted by atomic mass is 9.94. The summed E-state index contributed by atoms with van der Waals surface area (Å²) in [5.41, 5.74) is 0.231. The molecule has 1 unspecified atom stereocenters. The van der Waals surface area contributed by atoms with Crippen LogP contribution in [-0.2, 0) is 22.1 Å². The molecule has 0 radical (unpaired) electrons. The smallest absolute Gasteiger partial charge is 0.416 e. The summed E-state index contributed by atoms with van der Waals surface area (Å²) in [4.78, 5) is 25.9. The number of nitrogens with zero attached hydrogens (tertiary/aromatic N) is 1. The van der Waals surface area contributed by atoms with E-state index in [4.69, 9.17) is 16.3 Å². The number of ether oxygens (including phenoxy) is 1. The van der Waals surface area contributed by atoms with Gasteiger partial charge >= 0.3 is 12.3 Å². The first kappa shape index (κ1) is 23.1. The van der Waals surface area contributed by atoms with E-state index in [1.807, 2.05) is 42.5 Å². The Morgan fingerprint density at radius 3 is 2.58 bits per heavy atom. The van der Waals surface area contributed by atoms with Gasteiger partial charge in [-0.3, -0.25) is 0 Å². The summed E-state index contributed by atoms with van der Waals surface area (Å²) in [5.74, 6) is -0.505. The molecule has 0 spiro atoms. The molecule has 0 bridgehead atoms. The Labute approximate surface area is 193 Å². The summed E-state index contributed by atoms with van der Waals surface area (Å²) in [6.07, 6.45) is -4.96. The first-order chi connectivity index (χ1) is 15.7. The number of rotatable bonds is 6. The van der Waals surface area contributed by atoms with Crippen LogP contribution in [0.25, 0.3) is 10.8 Å². The molecule has 3 aromatic carbocycles. The van der Waals surface area contributed by atoms with Crippen molar-refractivity contribution in [1.82, 2.24) is 4.90 Å². The van der Waals surface area contributed by atoms with Crippen molar-refractivity contribution in [3.63, 3.8) is 0 Å². The summed E-state index contributed by atoms with van der Waals surface area (Å²) in [6.45, 7) is 1.78. The van der Waals surface area contributed by atoms with Crippen molar-refractivity contribution >= 4 is 34.8 Å². The van der Waals surface area contributed by atoms with Crippen molar-refractivity contribution in [2.75, 3.05) is 6.54 Å². The zero-order chi connectivity index (χ0) is 23.8.